The first kappa shape index (κ1) is 30.7. The number of hydrogen-bond acceptors (Lipinski definition) is 12. The van der Waals surface area contributed by atoms with Gasteiger partial charge in [-0.2, -0.15) is 0 Å². The molecule has 12 nitrogen and oxygen atoms in total. The van der Waals surface area contributed by atoms with Gasteiger partial charge in [-0.15, -0.1) is 0 Å². The van der Waals surface area contributed by atoms with Crippen LogP contribution in [0.4, 0.5) is 0 Å². The summed E-state index contributed by atoms with van der Waals surface area (Å²) >= 11 is 0. The predicted molar refractivity (Wildman–Crippen MR) is 31.4 cm³/mol. The third-order valence-electron chi connectivity index (χ3n) is 0. The third-order valence-corrected chi connectivity index (χ3v) is 0. The molecule has 0 unspecified atom stereocenters. The molecule has 17 heavy (non-hydrogen) atoms. The zero-order valence-electron chi connectivity index (χ0n) is 7.54. The molecule has 0 saturated heterocycles. The summed E-state index contributed by atoms with van der Waals surface area (Å²) in [6.07, 6.45) is 0. The Labute approximate surface area is 122 Å². The maximum atomic E-state index is 8.52. The summed E-state index contributed by atoms with van der Waals surface area (Å²) in [4.78, 5) is 0. The maximum absolute atomic E-state index is 8.52. The standard InChI is InChI=1S/3H2O4S.2Zn/c3*1-5(2,3)4;;/h3*(H2,1,2,3,4);;/p-6. The zero-order valence-corrected chi connectivity index (χ0v) is 15.9. The Morgan fingerprint density at radius 2 is 0.412 bits per heavy atom. The van der Waals surface area contributed by atoms with Crippen LogP contribution in [0.5, 0.6) is 0 Å². The van der Waals surface area contributed by atoms with Crippen molar-refractivity contribution in [3.8, 4) is 0 Å². The van der Waals surface area contributed by atoms with Crippen LogP contribution in [0, 0.1) is 0 Å². The third kappa shape index (κ3) is 5070. The van der Waals surface area contributed by atoms with Crippen LogP contribution in [0.25, 0.3) is 0 Å². The molecule has 0 bridgehead atoms. The second kappa shape index (κ2) is 11.9. The number of rotatable bonds is 0. The molecule has 0 radical (unpaired) electrons. The van der Waals surface area contributed by atoms with E-state index >= 15 is 0 Å². The van der Waals surface area contributed by atoms with Crippen LogP contribution in [-0.4, -0.2) is 52.6 Å². The Bertz CT molecular complexity index is 341. The van der Waals surface area contributed by atoms with E-state index in [1.165, 1.54) is 0 Å². The first-order valence-electron chi connectivity index (χ1n) is 2.00. The van der Waals surface area contributed by atoms with E-state index in [0.29, 0.717) is 0 Å². The molecule has 0 aromatic rings. The van der Waals surface area contributed by atoms with Gasteiger partial charge in [0.2, 0.25) is 0 Å². The second-order valence-electron chi connectivity index (χ2n) is 1.22. The molecule has 0 amide bonds. The van der Waals surface area contributed by atoms with E-state index in [2.05, 4.69) is 0 Å². The van der Waals surface area contributed by atoms with Crippen LogP contribution in [0.1, 0.15) is 0 Å². The van der Waals surface area contributed by atoms with Gasteiger partial charge in [-0.05, 0) is 0 Å². The number of hydrogen-bond donors (Lipinski definition) is 0. The molecule has 0 spiro atoms. The molecule has 0 rings (SSSR count). The minimum atomic E-state index is -5.17. The van der Waals surface area contributed by atoms with Crippen molar-refractivity contribution in [3.05, 3.63) is 0 Å². The summed E-state index contributed by atoms with van der Waals surface area (Å²) in [6, 6.07) is 0. The first-order valence-corrected chi connectivity index (χ1v) is 6.00. The summed E-state index contributed by atoms with van der Waals surface area (Å²) in [5.74, 6) is 0. The fraction of sp³-hybridized carbons (Fsp3) is 0. The van der Waals surface area contributed by atoms with Crippen molar-refractivity contribution in [1.29, 1.82) is 0 Å². The largest absolute Gasteiger partial charge is 0.759 e. The van der Waals surface area contributed by atoms with Crippen molar-refractivity contribution >= 4 is 31.2 Å². The van der Waals surface area contributed by atoms with Crippen LogP contribution in [0.15, 0.2) is 0 Å². The van der Waals surface area contributed by atoms with Crippen LogP contribution < -0.4 is 0 Å². The van der Waals surface area contributed by atoms with Crippen molar-refractivity contribution in [3.63, 3.8) is 0 Å². The first-order chi connectivity index (χ1) is 6.00. The summed E-state index contributed by atoms with van der Waals surface area (Å²) in [5.41, 5.74) is 0. The average Bonchev–Trinajstić information content (AvgIpc) is 1.41. The van der Waals surface area contributed by atoms with Crippen molar-refractivity contribution < 1.29 is 91.5 Å². The summed E-state index contributed by atoms with van der Waals surface area (Å²) in [6.45, 7) is 0. The van der Waals surface area contributed by atoms with Crippen LogP contribution in [-0.2, 0) is 70.2 Å². The minimum absolute atomic E-state index is 0. The minimum Gasteiger partial charge on any atom is -0.759 e. The molecule has 0 aromatic carbocycles. The molecular formula is O12S3Zn2-6. The van der Waals surface area contributed by atoms with Gasteiger partial charge in [-0.25, -0.2) is 0 Å². The van der Waals surface area contributed by atoms with Crippen molar-refractivity contribution in [2.75, 3.05) is 0 Å². The van der Waals surface area contributed by atoms with Gasteiger partial charge in [0.05, 0.1) is 0 Å². The van der Waals surface area contributed by atoms with E-state index in [1.807, 2.05) is 0 Å². The van der Waals surface area contributed by atoms with Gasteiger partial charge in [0, 0.05) is 70.2 Å². The molecule has 100 valence electrons. The van der Waals surface area contributed by atoms with E-state index in [4.69, 9.17) is 52.6 Å². The van der Waals surface area contributed by atoms with Gasteiger partial charge in [0.15, 0.2) is 0 Å². The smallest absolute Gasteiger partial charge is 0.0311 e. The van der Waals surface area contributed by atoms with E-state index in [1.54, 1.807) is 0 Å². The topological polar surface area (TPSA) is 241 Å². The molecule has 0 saturated carbocycles. The quantitative estimate of drug-likeness (QED) is 0.207. The van der Waals surface area contributed by atoms with E-state index in [-0.39, 0.29) is 39.0 Å². The Morgan fingerprint density at radius 1 is 0.412 bits per heavy atom. The molecule has 0 aromatic heterocycles. The Hall–Kier alpha value is 0.857. The Kier molecular flexibility index (Phi) is 21.5. The van der Waals surface area contributed by atoms with E-state index < -0.39 is 31.2 Å². The maximum Gasteiger partial charge on any atom is 0.0311 e. The predicted octanol–water partition coefficient (Wildman–Crippen LogP) is -4.02. The van der Waals surface area contributed by atoms with Gasteiger partial charge >= 0.3 is 0 Å². The van der Waals surface area contributed by atoms with Crippen molar-refractivity contribution in [1.82, 2.24) is 0 Å². The molecule has 0 aliphatic carbocycles. The van der Waals surface area contributed by atoms with Crippen molar-refractivity contribution in [2.24, 2.45) is 0 Å². The average molecular weight is 419 g/mol. The SMILES string of the molecule is O=S(=O)([O-])[O-].O=S(=O)([O-])[O-].O=S(=O)([O-])[O-].[Zn].[Zn]. The van der Waals surface area contributed by atoms with Gasteiger partial charge in [-0.1, -0.05) is 0 Å². The van der Waals surface area contributed by atoms with E-state index in [0.717, 1.165) is 0 Å². The van der Waals surface area contributed by atoms with Crippen LogP contribution >= 0.6 is 0 Å². The normalized spacial score (nSPS) is 10.2. The van der Waals surface area contributed by atoms with Crippen LogP contribution in [0.3, 0.4) is 0 Å². The Balaban J connectivity index is -0.0000000400. The van der Waals surface area contributed by atoms with Gasteiger partial charge < -0.3 is 27.3 Å². The van der Waals surface area contributed by atoms with Crippen molar-refractivity contribution in [2.45, 2.75) is 0 Å². The molecule has 0 atom stereocenters. The molecule has 0 aliphatic rings. The fourth-order valence-electron chi connectivity index (χ4n) is 0. The summed E-state index contributed by atoms with van der Waals surface area (Å²) < 4.78 is 102. The van der Waals surface area contributed by atoms with Gasteiger partial charge in [-0.3, -0.25) is 25.3 Å². The van der Waals surface area contributed by atoms with Gasteiger partial charge in [0.1, 0.15) is 0 Å². The van der Waals surface area contributed by atoms with E-state index in [9.17, 15) is 0 Å². The van der Waals surface area contributed by atoms with Crippen LogP contribution in [0.2, 0.25) is 0 Å². The Morgan fingerprint density at radius 3 is 0.412 bits per heavy atom. The molecule has 0 N–H and O–H groups in total. The summed E-state index contributed by atoms with van der Waals surface area (Å²) in [7, 11) is -15.5. The zero-order chi connectivity index (χ0) is 13.5. The van der Waals surface area contributed by atoms with Gasteiger partial charge in [0.25, 0.3) is 0 Å². The molecule has 0 heterocycles. The summed E-state index contributed by atoms with van der Waals surface area (Å²) in [5, 5.41) is 0. The fourth-order valence-corrected chi connectivity index (χ4v) is 0. The molecule has 17 heteroatoms. The molecule has 0 fully saturated rings. The molecular weight excluding hydrogens is 419 g/mol. The second-order valence-corrected chi connectivity index (χ2v) is 3.67. The monoisotopic (exact) mass is 416 g/mol. The molecule has 0 aliphatic heterocycles.